The van der Waals surface area contributed by atoms with Crippen molar-refractivity contribution >= 4 is 51.7 Å². The lowest BCUT2D eigenvalue weighted by atomic mass is 9.95. The Bertz CT molecular complexity index is 1050. The number of H-pyrrole nitrogens is 1. The number of aromatic nitrogens is 1. The molecule has 0 aliphatic carbocycles. The number of carbonyl (C=O) groups excluding carboxylic acids is 3. The maximum atomic E-state index is 12.9. The number of hydrogen-bond acceptors (Lipinski definition) is 5. The lowest BCUT2D eigenvalue weighted by molar-refractivity contribution is -0.126. The van der Waals surface area contributed by atoms with Crippen LogP contribution in [-0.4, -0.2) is 47.1 Å². The number of rotatable bonds is 10. The first-order chi connectivity index (χ1) is 15.3. The number of ether oxygens (including phenoxy) is 1. The molecule has 1 fully saturated rings. The van der Waals surface area contributed by atoms with E-state index in [1.807, 2.05) is 12.1 Å². The number of methoxy groups -OCH3 is 1. The Labute approximate surface area is 195 Å². The molecule has 170 valence electrons. The molecule has 3 atom stereocenters. The fourth-order valence-electron chi connectivity index (χ4n) is 3.88. The van der Waals surface area contributed by atoms with Crippen molar-refractivity contribution in [3.8, 4) is 11.8 Å². The summed E-state index contributed by atoms with van der Waals surface area (Å²) in [4.78, 5) is 39.8. The highest BCUT2D eigenvalue weighted by Crippen LogP contribution is 2.28. The number of hydrogen-bond donors (Lipinski definition) is 3. The quantitative estimate of drug-likeness (QED) is 0.357. The van der Waals surface area contributed by atoms with Crippen LogP contribution in [0.25, 0.3) is 10.9 Å². The molecule has 3 N–H and O–H groups in total. The number of benzene rings is 1. The number of nitriles is 1. The summed E-state index contributed by atoms with van der Waals surface area (Å²) < 4.78 is 5.32. The largest absolute Gasteiger partial charge is 0.496 e. The molecular weight excluding hydrogens is 455 g/mol. The number of carbonyl (C=O) groups is 3. The summed E-state index contributed by atoms with van der Waals surface area (Å²) in [5.74, 6) is -1.44. The van der Waals surface area contributed by atoms with Crippen molar-refractivity contribution in [2.45, 2.75) is 36.6 Å². The minimum Gasteiger partial charge on any atom is -0.496 e. The van der Waals surface area contributed by atoms with Crippen LogP contribution in [0.2, 0.25) is 0 Å². The van der Waals surface area contributed by atoms with E-state index in [0.29, 0.717) is 24.4 Å². The highest BCUT2D eigenvalue weighted by atomic mass is 35.5. The number of nitrogens with zero attached hydrogens (tertiary/aromatic N) is 1. The van der Waals surface area contributed by atoms with Gasteiger partial charge in [-0.1, -0.05) is 6.07 Å². The summed E-state index contributed by atoms with van der Waals surface area (Å²) in [6.45, 7) is 0.558. The summed E-state index contributed by atoms with van der Waals surface area (Å²) in [6, 6.07) is 8.27. The molecule has 1 saturated heterocycles. The zero-order valence-electron chi connectivity index (χ0n) is 17.5. The van der Waals surface area contributed by atoms with Gasteiger partial charge in [-0.2, -0.15) is 5.26 Å². The second-order valence-electron chi connectivity index (χ2n) is 7.76. The Balaban J connectivity index is 1.71. The van der Waals surface area contributed by atoms with Crippen LogP contribution in [0.5, 0.6) is 5.75 Å². The number of fused-ring (bicyclic) bond motifs is 1. The normalized spacial score (nSPS) is 17.6. The molecule has 0 radical (unpaired) electrons. The summed E-state index contributed by atoms with van der Waals surface area (Å²) in [6.07, 6.45) is 0.733. The number of ketones is 1. The zero-order chi connectivity index (χ0) is 23.3. The van der Waals surface area contributed by atoms with Crippen LogP contribution in [-0.2, 0) is 9.59 Å². The van der Waals surface area contributed by atoms with Gasteiger partial charge in [0.1, 0.15) is 16.6 Å². The molecule has 0 spiro atoms. The topological polar surface area (TPSA) is 124 Å². The Morgan fingerprint density at radius 1 is 1.38 bits per heavy atom. The number of halogens is 2. The standard InChI is InChI=1S/C22H24Cl2N4O4/c1-32-19-4-2-3-16-15(19)10-17(28-16)18(29)8-13(9-20(23)24)22(31)27-14(11-25)7-12-5-6-26-21(12)30/h2-4,10,12-14,20,28H,5-9H2,1H3,(H,26,30)(H,27,31)/t12?,13-,14?/m0/s1. The number of alkyl halides is 2. The third-order valence-electron chi connectivity index (χ3n) is 5.57. The molecule has 10 heteroatoms. The van der Waals surface area contributed by atoms with Crippen LogP contribution in [0.3, 0.4) is 0 Å². The fraction of sp³-hybridized carbons (Fsp3) is 0.455. The molecule has 0 bridgehead atoms. The van der Waals surface area contributed by atoms with E-state index in [2.05, 4.69) is 15.6 Å². The van der Waals surface area contributed by atoms with E-state index in [4.69, 9.17) is 27.9 Å². The van der Waals surface area contributed by atoms with Crippen molar-refractivity contribution in [1.82, 2.24) is 15.6 Å². The van der Waals surface area contributed by atoms with Gasteiger partial charge in [0.25, 0.3) is 0 Å². The van der Waals surface area contributed by atoms with Gasteiger partial charge in [0.05, 0.1) is 18.9 Å². The van der Waals surface area contributed by atoms with Gasteiger partial charge in [0.15, 0.2) is 5.78 Å². The van der Waals surface area contributed by atoms with E-state index < -0.39 is 22.7 Å². The van der Waals surface area contributed by atoms with Gasteiger partial charge in [-0.05, 0) is 37.5 Å². The average Bonchev–Trinajstić information content (AvgIpc) is 3.38. The Morgan fingerprint density at radius 3 is 2.78 bits per heavy atom. The molecule has 2 amide bonds. The van der Waals surface area contributed by atoms with Gasteiger partial charge >= 0.3 is 0 Å². The summed E-state index contributed by atoms with van der Waals surface area (Å²) in [5, 5.41) is 15.6. The molecule has 2 heterocycles. The third kappa shape index (κ3) is 5.72. The van der Waals surface area contributed by atoms with E-state index in [0.717, 1.165) is 10.9 Å². The van der Waals surface area contributed by atoms with Crippen molar-refractivity contribution in [1.29, 1.82) is 5.26 Å². The van der Waals surface area contributed by atoms with Crippen molar-refractivity contribution in [3.05, 3.63) is 30.0 Å². The predicted octanol–water partition coefficient (Wildman–Crippen LogP) is 3.09. The molecule has 8 nitrogen and oxygen atoms in total. The summed E-state index contributed by atoms with van der Waals surface area (Å²) in [5.41, 5.74) is 1.07. The number of amides is 2. The van der Waals surface area contributed by atoms with Crippen LogP contribution in [0.4, 0.5) is 0 Å². The Hall–Kier alpha value is -2.76. The van der Waals surface area contributed by atoms with Crippen molar-refractivity contribution in [2.75, 3.05) is 13.7 Å². The van der Waals surface area contributed by atoms with Gasteiger partial charge in [-0.15, -0.1) is 23.2 Å². The van der Waals surface area contributed by atoms with Gasteiger partial charge in [-0.25, -0.2) is 0 Å². The van der Waals surface area contributed by atoms with Crippen LogP contribution < -0.4 is 15.4 Å². The SMILES string of the molecule is COc1cccc2[nH]c(C(=O)C[C@@H](CC(Cl)Cl)C(=O)NC(C#N)CC3CCNC3=O)cc12. The zero-order valence-corrected chi connectivity index (χ0v) is 19.0. The van der Waals surface area contributed by atoms with Gasteiger partial charge in [-0.3, -0.25) is 14.4 Å². The molecule has 0 saturated carbocycles. The van der Waals surface area contributed by atoms with Crippen molar-refractivity contribution in [3.63, 3.8) is 0 Å². The maximum absolute atomic E-state index is 12.9. The van der Waals surface area contributed by atoms with E-state index in [1.54, 1.807) is 25.3 Å². The van der Waals surface area contributed by atoms with Crippen LogP contribution in [0.15, 0.2) is 24.3 Å². The fourth-order valence-corrected chi connectivity index (χ4v) is 4.31. The average molecular weight is 479 g/mol. The second kappa shape index (κ2) is 10.7. The first-order valence-electron chi connectivity index (χ1n) is 10.3. The molecule has 1 aromatic heterocycles. The van der Waals surface area contributed by atoms with Gasteiger partial charge in [0.2, 0.25) is 11.8 Å². The highest BCUT2D eigenvalue weighted by molar-refractivity contribution is 6.44. The summed E-state index contributed by atoms with van der Waals surface area (Å²) >= 11 is 11.8. The summed E-state index contributed by atoms with van der Waals surface area (Å²) in [7, 11) is 1.55. The van der Waals surface area contributed by atoms with E-state index in [1.165, 1.54) is 0 Å². The molecule has 2 aromatic rings. The highest BCUT2D eigenvalue weighted by Gasteiger charge is 2.31. The molecule has 1 aliphatic heterocycles. The van der Waals surface area contributed by atoms with E-state index >= 15 is 0 Å². The molecule has 2 unspecified atom stereocenters. The first-order valence-corrected chi connectivity index (χ1v) is 11.1. The third-order valence-corrected chi connectivity index (χ3v) is 5.92. The van der Waals surface area contributed by atoms with Gasteiger partial charge in [0, 0.05) is 35.7 Å². The van der Waals surface area contributed by atoms with Crippen molar-refractivity contribution in [2.24, 2.45) is 11.8 Å². The lowest BCUT2D eigenvalue weighted by Crippen LogP contribution is -2.41. The Morgan fingerprint density at radius 2 is 2.16 bits per heavy atom. The van der Waals surface area contributed by atoms with E-state index in [-0.39, 0.29) is 36.9 Å². The Kier molecular flexibility index (Phi) is 7.99. The van der Waals surface area contributed by atoms with Crippen LogP contribution in [0.1, 0.15) is 36.2 Å². The van der Waals surface area contributed by atoms with Gasteiger partial charge < -0.3 is 20.4 Å². The van der Waals surface area contributed by atoms with Crippen LogP contribution in [0, 0.1) is 23.2 Å². The molecular formula is C22H24Cl2N4O4. The second-order valence-corrected chi connectivity index (χ2v) is 9.04. The molecule has 32 heavy (non-hydrogen) atoms. The number of aromatic amines is 1. The molecule has 1 aliphatic rings. The van der Waals surface area contributed by atoms with E-state index in [9.17, 15) is 19.6 Å². The minimum atomic E-state index is -0.859. The maximum Gasteiger partial charge on any atom is 0.224 e. The monoisotopic (exact) mass is 478 g/mol. The first kappa shape index (κ1) is 23.9. The predicted molar refractivity (Wildman–Crippen MR) is 121 cm³/mol. The smallest absolute Gasteiger partial charge is 0.224 e. The minimum absolute atomic E-state index is 0.0479. The van der Waals surface area contributed by atoms with Crippen LogP contribution >= 0.6 is 23.2 Å². The lowest BCUT2D eigenvalue weighted by Gasteiger charge is -2.20. The molecule has 1 aromatic carbocycles. The molecule has 3 rings (SSSR count). The number of Topliss-reactive ketones (excluding diaryl/α,β-unsaturated/α-hetero) is 1. The van der Waals surface area contributed by atoms with Crippen molar-refractivity contribution < 1.29 is 19.1 Å². The number of nitrogens with one attached hydrogen (secondary N) is 3.